The van der Waals surface area contributed by atoms with Crippen LogP contribution >= 0.6 is 0 Å². The van der Waals surface area contributed by atoms with Gasteiger partial charge in [-0.25, -0.2) is 0 Å². The van der Waals surface area contributed by atoms with Crippen molar-refractivity contribution in [3.8, 4) is 0 Å². The van der Waals surface area contributed by atoms with E-state index in [9.17, 15) is 4.79 Å². The summed E-state index contributed by atoms with van der Waals surface area (Å²) < 4.78 is 0. The van der Waals surface area contributed by atoms with Gasteiger partial charge in [-0.05, 0) is 83.5 Å². The first kappa shape index (κ1) is 25.5. The van der Waals surface area contributed by atoms with E-state index in [1.165, 1.54) is 43.3 Å². The second kappa shape index (κ2) is 14.4. The molecule has 0 radical (unpaired) electrons. The van der Waals surface area contributed by atoms with E-state index >= 15 is 0 Å². The lowest BCUT2D eigenvalue weighted by molar-refractivity contribution is -0.141. The van der Waals surface area contributed by atoms with Crippen molar-refractivity contribution in [1.82, 2.24) is 0 Å². The van der Waals surface area contributed by atoms with Gasteiger partial charge in [-0.2, -0.15) is 0 Å². The van der Waals surface area contributed by atoms with Crippen LogP contribution in [0.3, 0.4) is 0 Å². The third-order valence-corrected chi connectivity index (χ3v) is 6.32. The van der Waals surface area contributed by atoms with E-state index in [0.717, 1.165) is 38.0 Å². The molecular formula is C27H44O2. The van der Waals surface area contributed by atoms with Crippen LogP contribution in [0.2, 0.25) is 0 Å². The van der Waals surface area contributed by atoms with E-state index in [4.69, 9.17) is 5.11 Å². The van der Waals surface area contributed by atoms with Gasteiger partial charge >= 0.3 is 5.97 Å². The molecule has 0 bridgehead atoms. The first-order chi connectivity index (χ1) is 13.8. The number of unbranched alkanes of at least 4 members (excludes halogenated alkanes) is 1. The summed E-state index contributed by atoms with van der Waals surface area (Å²) in [6, 6.07) is 0. The van der Waals surface area contributed by atoms with Crippen molar-refractivity contribution in [3.05, 3.63) is 47.1 Å². The van der Waals surface area contributed by atoms with Gasteiger partial charge in [-0.1, -0.05) is 74.3 Å². The summed E-state index contributed by atoms with van der Waals surface area (Å²) in [5.74, 6) is 0.578. The SMILES string of the molecule is CC(=CCCC(C)CCCC=CCC1=CC=C(C)C(C)C1)CCCC(C)C(=O)O. The number of carbonyl (C=O) groups is 1. The number of aliphatic carboxylic acids is 1. The van der Waals surface area contributed by atoms with E-state index in [1.54, 1.807) is 12.5 Å². The highest BCUT2D eigenvalue weighted by Crippen LogP contribution is 2.26. The Morgan fingerprint density at radius 2 is 1.90 bits per heavy atom. The molecule has 0 spiro atoms. The fraction of sp³-hybridized carbons (Fsp3) is 0.667. The fourth-order valence-corrected chi connectivity index (χ4v) is 3.80. The minimum atomic E-state index is -0.678. The number of carboxylic acids is 1. The summed E-state index contributed by atoms with van der Waals surface area (Å²) in [5, 5.41) is 8.92. The zero-order valence-corrected chi connectivity index (χ0v) is 19.5. The number of rotatable bonds is 14. The lowest BCUT2D eigenvalue weighted by atomic mass is 9.88. The molecule has 0 heterocycles. The molecule has 2 nitrogen and oxygen atoms in total. The van der Waals surface area contributed by atoms with Gasteiger partial charge in [0.2, 0.25) is 0 Å². The van der Waals surface area contributed by atoms with Crippen LogP contribution in [0.4, 0.5) is 0 Å². The Balaban J connectivity index is 2.09. The highest BCUT2D eigenvalue weighted by Gasteiger charge is 2.11. The Kier molecular flexibility index (Phi) is 12.7. The lowest BCUT2D eigenvalue weighted by Gasteiger charge is -2.18. The van der Waals surface area contributed by atoms with Gasteiger partial charge in [0, 0.05) is 0 Å². The minimum Gasteiger partial charge on any atom is -0.481 e. The van der Waals surface area contributed by atoms with Crippen molar-refractivity contribution in [3.63, 3.8) is 0 Å². The first-order valence-electron chi connectivity index (χ1n) is 11.7. The average molecular weight is 401 g/mol. The van der Waals surface area contributed by atoms with Crippen LogP contribution in [0.25, 0.3) is 0 Å². The van der Waals surface area contributed by atoms with Crippen molar-refractivity contribution in [2.24, 2.45) is 17.8 Å². The van der Waals surface area contributed by atoms with E-state index in [0.29, 0.717) is 5.92 Å². The third kappa shape index (κ3) is 11.9. The van der Waals surface area contributed by atoms with E-state index < -0.39 is 5.97 Å². The molecule has 0 aromatic carbocycles. The average Bonchev–Trinajstić information content (AvgIpc) is 2.67. The van der Waals surface area contributed by atoms with Gasteiger partial charge in [-0.15, -0.1) is 0 Å². The molecule has 0 aromatic heterocycles. The number of hydrogen-bond acceptors (Lipinski definition) is 1. The van der Waals surface area contributed by atoms with E-state index in [2.05, 4.69) is 58.1 Å². The highest BCUT2D eigenvalue weighted by molar-refractivity contribution is 5.69. The number of allylic oxidation sites excluding steroid dienone is 8. The Morgan fingerprint density at radius 1 is 1.14 bits per heavy atom. The largest absolute Gasteiger partial charge is 0.481 e. The molecule has 0 fully saturated rings. The molecule has 3 unspecified atom stereocenters. The van der Waals surface area contributed by atoms with Crippen LogP contribution in [0.5, 0.6) is 0 Å². The molecule has 1 aliphatic carbocycles. The highest BCUT2D eigenvalue weighted by atomic mass is 16.4. The maximum Gasteiger partial charge on any atom is 0.306 e. The normalized spacial score (nSPS) is 19.8. The third-order valence-electron chi connectivity index (χ3n) is 6.32. The maximum absolute atomic E-state index is 10.8. The van der Waals surface area contributed by atoms with Crippen molar-refractivity contribution >= 4 is 5.97 Å². The van der Waals surface area contributed by atoms with Gasteiger partial charge in [0.1, 0.15) is 0 Å². The molecule has 29 heavy (non-hydrogen) atoms. The smallest absolute Gasteiger partial charge is 0.306 e. The second-order valence-corrected chi connectivity index (χ2v) is 9.31. The minimum absolute atomic E-state index is 0.221. The van der Waals surface area contributed by atoms with Crippen LogP contribution in [0.15, 0.2) is 47.1 Å². The van der Waals surface area contributed by atoms with Gasteiger partial charge in [0.15, 0.2) is 0 Å². The Morgan fingerprint density at radius 3 is 2.59 bits per heavy atom. The van der Waals surface area contributed by atoms with Crippen LogP contribution in [0, 0.1) is 17.8 Å². The Hall–Kier alpha value is -1.57. The number of hydrogen-bond donors (Lipinski definition) is 1. The molecule has 164 valence electrons. The van der Waals surface area contributed by atoms with Crippen LogP contribution in [-0.2, 0) is 4.79 Å². The molecule has 0 aliphatic heterocycles. The van der Waals surface area contributed by atoms with E-state index in [1.807, 2.05) is 0 Å². The predicted molar refractivity (Wildman–Crippen MR) is 126 cm³/mol. The van der Waals surface area contributed by atoms with Crippen LogP contribution in [0.1, 0.15) is 98.8 Å². The van der Waals surface area contributed by atoms with Crippen molar-refractivity contribution in [2.45, 2.75) is 98.8 Å². The molecule has 0 saturated carbocycles. The topological polar surface area (TPSA) is 37.3 Å². The molecule has 1 rings (SSSR count). The fourth-order valence-electron chi connectivity index (χ4n) is 3.80. The predicted octanol–water partition coefficient (Wildman–Crippen LogP) is 8.27. The molecule has 2 heteroatoms. The van der Waals surface area contributed by atoms with Crippen molar-refractivity contribution < 1.29 is 9.90 Å². The van der Waals surface area contributed by atoms with Gasteiger partial charge < -0.3 is 5.11 Å². The van der Waals surface area contributed by atoms with Crippen molar-refractivity contribution in [2.75, 3.05) is 0 Å². The Labute approximate surface area is 179 Å². The van der Waals surface area contributed by atoms with Gasteiger partial charge in [0.05, 0.1) is 5.92 Å². The monoisotopic (exact) mass is 400 g/mol. The summed E-state index contributed by atoms with van der Waals surface area (Å²) in [7, 11) is 0. The molecule has 1 aliphatic rings. The zero-order valence-electron chi connectivity index (χ0n) is 19.5. The van der Waals surface area contributed by atoms with Crippen molar-refractivity contribution in [1.29, 1.82) is 0 Å². The van der Waals surface area contributed by atoms with E-state index in [-0.39, 0.29) is 5.92 Å². The maximum atomic E-state index is 10.8. The summed E-state index contributed by atoms with van der Waals surface area (Å²) in [4.78, 5) is 10.8. The summed E-state index contributed by atoms with van der Waals surface area (Å²) >= 11 is 0. The van der Waals surface area contributed by atoms with Gasteiger partial charge in [0.25, 0.3) is 0 Å². The second-order valence-electron chi connectivity index (χ2n) is 9.31. The zero-order chi connectivity index (χ0) is 21.6. The molecular weight excluding hydrogens is 356 g/mol. The molecule has 0 aromatic rings. The summed E-state index contributed by atoms with van der Waals surface area (Å²) in [6.45, 7) is 10.9. The molecule has 0 amide bonds. The summed E-state index contributed by atoms with van der Waals surface area (Å²) in [6.07, 6.45) is 23.0. The molecule has 1 N–H and O–H groups in total. The Bertz CT molecular complexity index is 606. The standard InChI is InChI=1S/C27H44O2/c1-21(13-10-14-22(2)15-11-16-24(4)27(28)29)12-8-6-7-9-17-26-19-18-23(3)25(5)20-26/h7,9,14,18-19,21,24-25H,6,8,10-13,15-17,20H2,1-5H3,(H,28,29). The first-order valence-corrected chi connectivity index (χ1v) is 11.7. The van der Waals surface area contributed by atoms with Crippen LogP contribution in [-0.4, -0.2) is 11.1 Å². The molecule has 3 atom stereocenters. The van der Waals surface area contributed by atoms with Gasteiger partial charge in [-0.3, -0.25) is 4.79 Å². The lowest BCUT2D eigenvalue weighted by Crippen LogP contribution is -2.08. The molecule has 0 saturated heterocycles. The van der Waals surface area contributed by atoms with Crippen LogP contribution < -0.4 is 0 Å². The quantitative estimate of drug-likeness (QED) is 0.235. The number of carboxylic acid groups (broad SMARTS) is 1. The summed E-state index contributed by atoms with van der Waals surface area (Å²) in [5.41, 5.74) is 4.48.